The summed E-state index contributed by atoms with van der Waals surface area (Å²) in [6.07, 6.45) is 0. The van der Waals surface area contributed by atoms with E-state index in [-0.39, 0.29) is 0 Å². The molecule has 0 saturated heterocycles. The van der Waals surface area contributed by atoms with Crippen molar-refractivity contribution in [3.63, 3.8) is 0 Å². The number of hydrogen-bond donors (Lipinski definition) is 1. The second-order valence-corrected chi connectivity index (χ2v) is 4.98. The van der Waals surface area contributed by atoms with Crippen LogP contribution < -0.4 is 0 Å². The van der Waals surface area contributed by atoms with Gasteiger partial charge in [-0.15, -0.1) is 12.6 Å². The molecule has 0 atom stereocenters. The maximum atomic E-state index is 4.46. The van der Waals surface area contributed by atoms with Crippen LogP contribution in [0, 0.1) is 0 Å². The Kier molecular flexibility index (Phi) is 3.39. The van der Waals surface area contributed by atoms with Crippen LogP contribution in [0.25, 0.3) is 22.3 Å². The summed E-state index contributed by atoms with van der Waals surface area (Å²) < 4.78 is 0. The highest BCUT2D eigenvalue weighted by Gasteiger charge is 2.07. The molecule has 3 rings (SSSR count). The van der Waals surface area contributed by atoms with Gasteiger partial charge in [0.25, 0.3) is 0 Å². The van der Waals surface area contributed by atoms with Gasteiger partial charge in [-0.3, -0.25) is 0 Å². The van der Waals surface area contributed by atoms with Crippen LogP contribution in [0.2, 0.25) is 0 Å². The topological polar surface area (TPSA) is 0 Å². The van der Waals surface area contributed by atoms with Crippen molar-refractivity contribution in [2.45, 2.75) is 4.90 Å². The van der Waals surface area contributed by atoms with E-state index in [1.54, 1.807) is 0 Å². The van der Waals surface area contributed by atoms with E-state index in [1.807, 2.05) is 18.2 Å². The fraction of sp³-hybridized carbons (Fsp3) is 0. The predicted octanol–water partition coefficient (Wildman–Crippen LogP) is 5.31. The number of rotatable bonds is 2. The van der Waals surface area contributed by atoms with Gasteiger partial charge in [-0.1, -0.05) is 66.7 Å². The maximum absolute atomic E-state index is 4.46. The second kappa shape index (κ2) is 5.33. The van der Waals surface area contributed by atoms with Crippen LogP contribution in [0.15, 0.2) is 83.8 Å². The second-order valence-electron chi connectivity index (χ2n) is 4.46. The SMILES string of the molecule is Sc1ccc(-c2ccccc2)c(-c2ccccc2)c1. The summed E-state index contributed by atoms with van der Waals surface area (Å²) in [5.41, 5.74) is 4.91. The van der Waals surface area contributed by atoms with Gasteiger partial charge in [0.05, 0.1) is 0 Å². The van der Waals surface area contributed by atoms with Crippen molar-refractivity contribution >= 4 is 12.6 Å². The van der Waals surface area contributed by atoms with Crippen molar-refractivity contribution in [1.82, 2.24) is 0 Å². The molecule has 0 nitrogen and oxygen atoms in total. The lowest BCUT2D eigenvalue weighted by molar-refractivity contribution is 1.46. The van der Waals surface area contributed by atoms with Crippen molar-refractivity contribution in [2.24, 2.45) is 0 Å². The first kappa shape index (κ1) is 12.1. The molecule has 0 aliphatic heterocycles. The molecular weight excluding hydrogens is 248 g/mol. The third kappa shape index (κ3) is 2.56. The summed E-state index contributed by atoms with van der Waals surface area (Å²) in [4.78, 5) is 0.985. The summed E-state index contributed by atoms with van der Waals surface area (Å²) in [6, 6.07) is 27.2. The van der Waals surface area contributed by atoms with Crippen molar-refractivity contribution in [3.05, 3.63) is 78.9 Å². The molecule has 92 valence electrons. The van der Waals surface area contributed by atoms with E-state index in [0.717, 1.165) is 4.90 Å². The molecule has 3 aromatic carbocycles. The van der Waals surface area contributed by atoms with E-state index in [2.05, 4.69) is 73.3 Å². The van der Waals surface area contributed by atoms with Gasteiger partial charge >= 0.3 is 0 Å². The van der Waals surface area contributed by atoms with Gasteiger partial charge in [-0.25, -0.2) is 0 Å². The van der Waals surface area contributed by atoms with Gasteiger partial charge in [-0.05, 0) is 34.4 Å². The largest absolute Gasteiger partial charge is 0.143 e. The Bertz CT molecular complexity index is 673. The molecule has 19 heavy (non-hydrogen) atoms. The zero-order valence-corrected chi connectivity index (χ0v) is 11.3. The first-order valence-electron chi connectivity index (χ1n) is 6.28. The Morgan fingerprint density at radius 2 is 1.05 bits per heavy atom. The average Bonchev–Trinajstić information content (AvgIpc) is 2.49. The van der Waals surface area contributed by atoms with Crippen LogP contribution in [-0.2, 0) is 0 Å². The van der Waals surface area contributed by atoms with Crippen LogP contribution in [0.4, 0.5) is 0 Å². The molecule has 0 unspecified atom stereocenters. The molecule has 0 radical (unpaired) electrons. The summed E-state index contributed by atoms with van der Waals surface area (Å²) in [6.45, 7) is 0. The number of hydrogen-bond acceptors (Lipinski definition) is 1. The lowest BCUT2D eigenvalue weighted by atomic mass is 9.95. The van der Waals surface area contributed by atoms with Crippen molar-refractivity contribution < 1.29 is 0 Å². The molecule has 0 heterocycles. The number of thiol groups is 1. The standard InChI is InChI=1S/C18H14S/c19-16-11-12-17(14-7-3-1-4-8-14)18(13-16)15-9-5-2-6-10-15/h1-13,19H. The van der Waals surface area contributed by atoms with Gasteiger partial charge in [0.15, 0.2) is 0 Å². The van der Waals surface area contributed by atoms with E-state index in [1.165, 1.54) is 22.3 Å². The van der Waals surface area contributed by atoms with E-state index in [0.29, 0.717) is 0 Å². The minimum absolute atomic E-state index is 0.985. The summed E-state index contributed by atoms with van der Waals surface area (Å²) in [7, 11) is 0. The fourth-order valence-corrected chi connectivity index (χ4v) is 2.46. The highest BCUT2D eigenvalue weighted by molar-refractivity contribution is 7.80. The minimum Gasteiger partial charge on any atom is -0.143 e. The van der Waals surface area contributed by atoms with E-state index in [4.69, 9.17) is 0 Å². The van der Waals surface area contributed by atoms with Crippen LogP contribution in [0.1, 0.15) is 0 Å². The highest BCUT2D eigenvalue weighted by Crippen LogP contribution is 2.33. The van der Waals surface area contributed by atoms with Gasteiger partial charge in [0.1, 0.15) is 0 Å². The lowest BCUT2D eigenvalue weighted by Gasteiger charge is -2.11. The zero-order valence-electron chi connectivity index (χ0n) is 10.5. The Hall–Kier alpha value is -1.99. The van der Waals surface area contributed by atoms with Gasteiger partial charge in [0.2, 0.25) is 0 Å². The Morgan fingerprint density at radius 1 is 0.526 bits per heavy atom. The van der Waals surface area contributed by atoms with Crippen LogP contribution in [-0.4, -0.2) is 0 Å². The Labute approximate surface area is 119 Å². The molecule has 0 aromatic heterocycles. The molecule has 3 aromatic rings. The average molecular weight is 262 g/mol. The normalized spacial score (nSPS) is 10.4. The molecule has 0 bridgehead atoms. The van der Waals surface area contributed by atoms with Crippen LogP contribution >= 0.6 is 12.6 Å². The van der Waals surface area contributed by atoms with Crippen molar-refractivity contribution in [1.29, 1.82) is 0 Å². The first-order valence-corrected chi connectivity index (χ1v) is 6.73. The van der Waals surface area contributed by atoms with Gasteiger partial charge in [0, 0.05) is 4.90 Å². The maximum Gasteiger partial charge on any atom is 0.00465 e. The van der Waals surface area contributed by atoms with E-state index >= 15 is 0 Å². The first-order chi connectivity index (χ1) is 9.34. The zero-order chi connectivity index (χ0) is 13.1. The molecule has 0 spiro atoms. The predicted molar refractivity (Wildman–Crippen MR) is 84.6 cm³/mol. The fourth-order valence-electron chi connectivity index (χ4n) is 2.26. The van der Waals surface area contributed by atoms with Gasteiger partial charge < -0.3 is 0 Å². The molecule has 0 saturated carbocycles. The molecule has 0 fully saturated rings. The lowest BCUT2D eigenvalue weighted by Crippen LogP contribution is -1.85. The molecule has 0 aliphatic carbocycles. The Morgan fingerprint density at radius 3 is 1.63 bits per heavy atom. The van der Waals surface area contributed by atoms with E-state index < -0.39 is 0 Å². The van der Waals surface area contributed by atoms with Crippen LogP contribution in [0.3, 0.4) is 0 Å². The number of benzene rings is 3. The van der Waals surface area contributed by atoms with Crippen LogP contribution in [0.5, 0.6) is 0 Å². The minimum atomic E-state index is 0.985. The molecule has 0 amide bonds. The third-order valence-electron chi connectivity index (χ3n) is 3.17. The molecular formula is C18H14S. The van der Waals surface area contributed by atoms with Crippen molar-refractivity contribution in [2.75, 3.05) is 0 Å². The molecule has 0 N–H and O–H groups in total. The van der Waals surface area contributed by atoms with E-state index in [9.17, 15) is 0 Å². The molecule has 1 heteroatoms. The summed E-state index contributed by atoms with van der Waals surface area (Å²) in [5.74, 6) is 0. The highest BCUT2D eigenvalue weighted by atomic mass is 32.1. The summed E-state index contributed by atoms with van der Waals surface area (Å²) in [5, 5.41) is 0. The smallest absolute Gasteiger partial charge is 0.00465 e. The third-order valence-corrected chi connectivity index (χ3v) is 3.45. The quantitative estimate of drug-likeness (QED) is 0.594. The van der Waals surface area contributed by atoms with Crippen molar-refractivity contribution in [3.8, 4) is 22.3 Å². The monoisotopic (exact) mass is 262 g/mol. The molecule has 0 aliphatic rings. The van der Waals surface area contributed by atoms with Gasteiger partial charge in [-0.2, -0.15) is 0 Å². The summed E-state index contributed by atoms with van der Waals surface area (Å²) >= 11 is 4.46. The Balaban J connectivity index is 2.21.